The Morgan fingerprint density at radius 2 is 1.96 bits per heavy atom. The van der Waals surface area contributed by atoms with Crippen molar-refractivity contribution in [1.82, 2.24) is 24.6 Å². The number of carbonyl (C=O) groups excluding carboxylic acids is 1. The van der Waals surface area contributed by atoms with E-state index in [1.165, 1.54) is 16.3 Å². The summed E-state index contributed by atoms with van der Waals surface area (Å²) >= 11 is 0. The van der Waals surface area contributed by atoms with Crippen LogP contribution in [0.4, 0.5) is 5.82 Å². The van der Waals surface area contributed by atoms with Gasteiger partial charge in [0.05, 0.1) is 5.69 Å². The minimum Gasteiger partial charge on any atom is -0.350 e. The van der Waals surface area contributed by atoms with E-state index in [9.17, 15) is 14.4 Å². The maximum atomic E-state index is 12.8. The first-order valence-electron chi connectivity index (χ1n) is 8.91. The summed E-state index contributed by atoms with van der Waals surface area (Å²) in [5, 5.41) is 7.05. The third-order valence-corrected chi connectivity index (χ3v) is 5.01. The van der Waals surface area contributed by atoms with E-state index >= 15 is 0 Å². The summed E-state index contributed by atoms with van der Waals surface area (Å²) < 4.78 is 2.67. The molecule has 1 amide bonds. The number of piperidine rings is 1. The van der Waals surface area contributed by atoms with Crippen molar-refractivity contribution < 1.29 is 4.79 Å². The normalized spacial score (nSPS) is 17.0. The van der Waals surface area contributed by atoms with Crippen LogP contribution >= 0.6 is 0 Å². The lowest BCUT2D eigenvalue weighted by atomic mass is 10.0. The molecule has 1 N–H and O–H groups in total. The minimum absolute atomic E-state index is 0.121. The molecule has 1 aliphatic heterocycles. The lowest BCUT2D eigenvalue weighted by Crippen LogP contribution is -2.50. The van der Waals surface area contributed by atoms with Crippen LogP contribution in [0.2, 0.25) is 0 Å². The van der Waals surface area contributed by atoms with Crippen LogP contribution in [-0.4, -0.2) is 44.4 Å². The molecule has 0 bridgehead atoms. The monoisotopic (exact) mass is 372 g/mol. The molecule has 2 aromatic rings. The highest BCUT2D eigenvalue weighted by atomic mass is 16.2. The molecule has 1 fully saturated rings. The van der Waals surface area contributed by atoms with Crippen molar-refractivity contribution >= 4 is 11.7 Å². The topological polar surface area (TPSA) is 102 Å². The SMILES string of the molecule is Cc1nn(C)c(=O)c(C(=O)NC2CCCN(c3nccn(C)c3=O)C2)c1C. The number of nitrogens with one attached hydrogen (secondary N) is 1. The van der Waals surface area contributed by atoms with Gasteiger partial charge in [-0.05, 0) is 32.3 Å². The van der Waals surface area contributed by atoms with Gasteiger partial charge >= 0.3 is 0 Å². The van der Waals surface area contributed by atoms with Gasteiger partial charge in [-0.3, -0.25) is 14.4 Å². The van der Waals surface area contributed by atoms with Crippen LogP contribution in [0.5, 0.6) is 0 Å². The van der Waals surface area contributed by atoms with Crippen molar-refractivity contribution in [2.24, 2.45) is 14.1 Å². The maximum Gasteiger partial charge on any atom is 0.293 e. The molecule has 1 saturated heterocycles. The number of anilines is 1. The highest BCUT2D eigenvalue weighted by Gasteiger charge is 2.26. The second kappa shape index (κ2) is 7.34. The summed E-state index contributed by atoms with van der Waals surface area (Å²) in [5.74, 6) is -0.0230. The van der Waals surface area contributed by atoms with Gasteiger partial charge in [-0.15, -0.1) is 0 Å². The number of nitrogens with zero attached hydrogens (tertiary/aromatic N) is 5. The highest BCUT2D eigenvalue weighted by Crippen LogP contribution is 2.15. The van der Waals surface area contributed by atoms with E-state index in [4.69, 9.17) is 0 Å². The largest absolute Gasteiger partial charge is 0.350 e. The molecule has 9 nitrogen and oxygen atoms in total. The van der Waals surface area contributed by atoms with Crippen LogP contribution in [0.25, 0.3) is 0 Å². The van der Waals surface area contributed by atoms with Crippen molar-refractivity contribution in [1.29, 1.82) is 0 Å². The zero-order valence-corrected chi connectivity index (χ0v) is 16.0. The van der Waals surface area contributed by atoms with Gasteiger partial charge in [0.25, 0.3) is 17.0 Å². The Hall–Kier alpha value is -2.97. The van der Waals surface area contributed by atoms with Gasteiger partial charge in [0.1, 0.15) is 5.56 Å². The van der Waals surface area contributed by atoms with E-state index in [1.54, 1.807) is 33.3 Å². The van der Waals surface area contributed by atoms with E-state index in [-0.39, 0.29) is 17.2 Å². The first kappa shape index (κ1) is 18.8. The Kier molecular flexibility index (Phi) is 5.11. The smallest absolute Gasteiger partial charge is 0.293 e. The van der Waals surface area contributed by atoms with Crippen LogP contribution in [0.15, 0.2) is 22.0 Å². The molecule has 9 heteroatoms. The summed E-state index contributed by atoms with van der Waals surface area (Å²) in [6.45, 7) is 4.67. The fourth-order valence-electron chi connectivity index (χ4n) is 3.36. The average Bonchev–Trinajstić information content (AvgIpc) is 2.63. The van der Waals surface area contributed by atoms with Crippen LogP contribution in [-0.2, 0) is 14.1 Å². The predicted molar refractivity (Wildman–Crippen MR) is 101 cm³/mol. The zero-order chi connectivity index (χ0) is 19.7. The van der Waals surface area contributed by atoms with E-state index in [1.807, 2.05) is 4.90 Å². The molecule has 3 rings (SSSR count). The van der Waals surface area contributed by atoms with Gasteiger partial charge < -0.3 is 14.8 Å². The predicted octanol–water partition coefficient (Wildman–Crippen LogP) is -0.110. The van der Waals surface area contributed by atoms with Crippen LogP contribution in [0, 0.1) is 13.8 Å². The maximum absolute atomic E-state index is 12.8. The van der Waals surface area contributed by atoms with E-state index < -0.39 is 11.5 Å². The molecule has 1 unspecified atom stereocenters. The molecule has 3 heterocycles. The molecule has 2 aromatic heterocycles. The summed E-state index contributed by atoms with van der Waals surface area (Å²) in [6.07, 6.45) is 4.79. The summed E-state index contributed by atoms with van der Waals surface area (Å²) in [7, 11) is 3.21. The first-order chi connectivity index (χ1) is 12.8. The van der Waals surface area contributed by atoms with Gasteiger partial charge in [0.15, 0.2) is 5.82 Å². The summed E-state index contributed by atoms with van der Waals surface area (Å²) in [4.78, 5) is 43.5. The van der Waals surface area contributed by atoms with E-state index in [0.29, 0.717) is 30.2 Å². The molecule has 1 aliphatic rings. The lowest BCUT2D eigenvalue weighted by molar-refractivity contribution is 0.0929. The molecule has 0 aromatic carbocycles. The Morgan fingerprint density at radius 1 is 1.22 bits per heavy atom. The van der Waals surface area contributed by atoms with Gasteiger partial charge in [0.2, 0.25) is 0 Å². The van der Waals surface area contributed by atoms with Crippen LogP contribution in [0.1, 0.15) is 34.5 Å². The van der Waals surface area contributed by atoms with Gasteiger partial charge in [-0.2, -0.15) is 5.10 Å². The number of carbonyl (C=O) groups is 1. The third kappa shape index (κ3) is 3.62. The van der Waals surface area contributed by atoms with E-state index in [2.05, 4.69) is 15.4 Å². The van der Waals surface area contributed by atoms with Gasteiger partial charge in [-0.1, -0.05) is 0 Å². The molecular formula is C18H24N6O3. The number of aromatic nitrogens is 4. The van der Waals surface area contributed by atoms with Crippen LogP contribution in [0.3, 0.4) is 0 Å². The van der Waals surface area contributed by atoms with Crippen molar-refractivity contribution in [3.63, 3.8) is 0 Å². The quantitative estimate of drug-likeness (QED) is 0.807. The Balaban J connectivity index is 1.81. The number of hydrogen-bond donors (Lipinski definition) is 1. The fraction of sp³-hybridized carbons (Fsp3) is 0.500. The number of hydrogen-bond acceptors (Lipinski definition) is 6. The highest BCUT2D eigenvalue weighted by molar-refractivity contribution is 5.95. The number of amides is 1. The molecule has 0 saturated carbocycles. The minimum atomic E-state index is -0.415. The van der Waals surface area contributed by atoms with Crippen LogP contribution < -0.4 is 21.3 Å². The lowest BCUT2D eigenvalue weighted by Gasteiger charge is -2.33. The zero-order valence-electron chi connectivity index (χ0n) is 16.0. The standard InChI is InChI=1S/C18H24N6O3/c1-11-12(2)21-23(4)17(26)14(11)16(25)20-13-6-5-8-24(10-13)15-18(27)22(3)9-7-19-15/h7,9,13H,5-6,8,10H2,1-4H3,(H,20,25). The third-order valence-electron chi connectivity index (χ3n) is 5.01. The number of aryl methyl sites for hydroxylation is 3. The van der Waals surface area contributed by atoms with Crippen molar-refractivity contribution in [2.45, 2.75) is 32.7 Å². The summed E-state index contributed by atoms with van der Waals surface area (Å²) in [6, 6.07) is -0.171. The number of rotatable bonds is 3. The first-order valence-corrected chi connectivity index (χ1v) is 8.91. The molecule has 144 valence electrons. The second-order valence-corrected chi connectivity index (χ2v) is 6.94. The molecule has 27 heavy (non-hydrogen) atoms. The fourth-order valence-corrected chi connectivity index (χ4v) is 3.36. The van der Waals surface area contributed by atoms with E-state index in [0.717, 1.165) is 12.8 Å². The van der Waals surface area contributed by atoms with Crippen molar-refractivity contribution in [2.75, 3.05) is 18.0 Å². The molecular weight excluding hydrogens is 348 g/mol. The van der Waals surface area contributed by atoms with Gasteiger partial charge in [0, 0.05) is 45.6 Å². The molecule has 0 radical (unpaired) electrons. The average molecular weight is 372 g/mol. The second-order valence-electron chi connectivity index (χ2n) is 6.94. The van der Waals surface area contributed by atoms with Crippen molar-refractivity contribution in [3.05, 3.63) is 49.9 Å². The molecule has 1 atom stereocenters. The van der Waals surface area contributed by atoms with Crippen molar-refractivity contribution in [3.8, 4) is 0 Å². The van der Waals surface area contributed by atoms with Gasteiger partial charge in [-0.25, -0.2) is 9.67 Å². The Labute approximate surface area is 156 Å². The molecule has 0 spiro atoms. The summed E-state index contributed by atoms with van der Waals surface area (Å²) in [5.41, 5.74) is 0.767. The Bertz CT molecular complexity index is 994. The molecule has 0 aliphatic carbocycles. The Morgan fingerprint density at radius 3 is 2.70 bits per heavy atom.